The molecule has 0 fully saturated rings. The highest BCUT2D eigenvalue weighted by molar-refractivity contribution is 14.1. The van der Waals surface area contributed by atoms with Crippen molar-refractivity contribution in [3.63, 3.8) is 0 Å². The maximum Gasteiger partial charge on any atom is 0.363 e. The number of rotatable bonds is 2. The Morgan fingerprint density at radius 1 is 1.06 bits per heavy atom. The van der Waals surface area contributed by atoms with Crippen molar-refractivity contribution in [1.29, 1.82) is 0 Å². The van der Waals surface area contributed by atoms with Gasteiger partial charge < -0.3 is 15.1 Å². The molecule has 2 rings (SSSR count). The van der Waals surface area contributed by atoms with Gasteiger partial charge in [-0.1, -0.05) is 0 Å². The zero-order valence-corrected chi connectivity index (χ0v) is 10.7. The van der Waals surface area contributed by atoms with Crippen molar-refractivity contribution < 1.29 is 19.8 Å². The quantitative estimate of drug-likeness (QED) is 0.811. The van der Waals surface area contributed by atoms with Crippen LogP contribution >= 0.6 is 22.6 Å². The first-order chi connectivity index (χ1) is 8.08. The molecule has 0 bridgehead atoms. The summed E-state index contributed by atoms with van der Waals surface area (Å²) in [5, 5.41) is 18.6. The minimum absolute atomic E-state index is 0.331. The predicted molar refractivity (Wildman–Crippen MR) is 67.8 cm³/mol. The molecular formula is C11H8INO4. The number of carbonyl (C=O) groups is 1. The van der Waals surface area contributed by atoms with Gasteiger partial charge in [-0.25, -0.2) is 4.79 Å². The van der Waals surface area contributed by atoms with Crippen LogP contribution in [0, 0.1) is 3.57 Å². The number of halogens is 1. The van der Waals surface area contributed by atoms with Gasteiger partial charge in [0.15, 0.2) is 0 Å². The highest BCUT2D eigenvalue weighted by atomic mass is 131. The van der Waals surface area contributed by atoms with E-state index in [0.29, 0.717) is 10.3 Å². The van der Waals surface area contributed by atoms with E-state index in [4.69, 9.17) is 4.84 Å². The van der Waals surface area contributed by atoms with Crippen molar-refractivity contribution in [1.82, 2.24) is 4.73 Å². The molecule has 0 amide bonds. The molecule has 0 radical (unpaired) electrons. The molecule has 1 aromatic heterocycles. The number of aromatic nitrogens is 1. The first-order valence-corrected chi connectivity index (χ1v) is 5.74. The zero-order chi connectivity index (χ0) is 12.4. The molecule has 0 aliphatic carbocycles. The van der Waals surface area contributed by atoms with Crippen molar-refractivity contribution in [2.45, 2.75) is 0 Å². The standard InChI is InChI=1S/C11H8INO4/c12-8-3-1-7(2-4-8)11(16)17-13-9(14)5-6-10(13)15/h1-6,14-15H/i12+4. The minimum Gasteiger partial charge on any atom is -0.492 e. The Hall–Kier alpha value is -1.70. The Morgan fingerprint density at radius 2 is 1.59 bits per heavy atom. The van der Waals surface area contributed by atoms with Crippen LogP contribution in [0.1, 0.15) is 10.4 Å². The molecule has 0 unspecified atom stereocenters. The molecule has 17 heavy (non-hydrogen) atoms. The van der Waals surface area contributed by atoms with Gasteiger partial charge in [-0.05, 0) is 46.9 Å². The number of hydrogen-bond acceptors (Lipinski definition) is 4. The monoisotopic (exact) mass is 349 g/mol. The normalized spacial score (nSPS) is 10.2. The van der Waals surface area contributed by atoms with Gasteiger partial charge in [0.1, 0.15) is 0 Å². The summed E-state index contributed by atoms with van der Waals surface area (Å²) in [6.45, 7) is 0. The van der Waals surface area contributed by atoms with E-state index in [1.54, 1.807) is 24.3 Å². The second kappa shape index (κ2) is 4.66. The number of aromatic hydroxyl groups is 2. The van der Waals surface area contributed by atoms with Crippen LogP contribution in [-0.4, -0.2) is 20.9 Å². The van der Waals surface area contributed by atoms with Gasteiger partial charge in [0.2, 0.25) is 11.8 Å². The van der Waals surface area contributed by atoms with E-state index in [1.807, 2.05) is 0 Å². The van der Waals surface area contributed by atoms with E-state index in [1.165, 1.54) is 12.1 Å². The average molecular weight is 349 g/mol. The molecule has 0 aliphatic rings. The predicted octanol–water partition coefficient (Wildman–Crippen LogP) is 1.77. The fourth-order valence-corrected chi connectivity index (χ4v) is 1.58. The maximum atomic E-state index is 11.7. The molecule has 6 heteroatoms. The lowest BCUT2D eigenvalue weighted by atomic mass is 10.2. The summed E-state index contributed by atoms with van der Waals surface area (Å²) in [7, 11) is 0. The number of carbonyl (C=O) groups excluding carboxylic acids is 1. The minimum atomic E-state index is -0.664. The Labute approximate surface area is 110 Å². The maximum absolute atomic E-state index is 11.7. The summed E-state index contributed by atoms with van der Waals surface area (Å²) in [6.07, 6.45) is 0. The van der Waals surface area contributed by atoms with Gasteiger partial charge >= 0.3 is 5.97 Å². The zero-order valence-electron chi connectivity index (χ0n) is 8.50. The van der Waals surface area contributed by atoms with Gasteiger partial charge in [-0.15, -0.1) is 4.73 Å². The molecule has 0 aliphatic heterocycles. The molecule has 5 nitrogen and oxygen atoms in total. The van der Waals surface area contributed by atoms with Crippen LogP contribution in [0.5, 0.6) is 11.8 Å². The Bertz CT molecular complexity index is 528. The number of benzene rings is 1. The molecule has 88 valence electrons. The molecule has 0 saturated carbocycles. The average Bonchev–Trinajstić information content (AvgIpc) is 2.61. The fraction of sp³-hybridized carbons (Fsp3) is 0. The largest absolute Gasteiger partial charge is 0.492 e. The van der Waals surface area contributed by atoms with E-state index >= 15 is 0 Å². The molecule has 1 aromatic carbocycles. The summed E-state index contributed by atoms with van der Waals surface area (Å²) in [4.78, 5) is 16.5. The van der Waals surface area contributed by atoms with Gasteiger partial charge in [0.05, 0.1) is 5.56 Å². The third-order valence-corrected chi connectivity index (χ3v) is 2.77. The van der Waals surface area contributed by atoms with Gasteiger partial charge in [-0.2, -0.15) is 0 Å². The van der Waals surface area contributed by atoms with Crippen LogP contribution in [0.3, 0.4) is 0 Å². The smallest absolute Gasteiger partial charge is 0.363 e. The first-order valence-electron chi connectivity index (χ1n) is 4.66. The fourth-order valence-electron chi connectivity index (χ4n) is 1.22. The van der Waals surface area contributed by atoms with E-state index in [9.17, 15) is 15.0 Å². The Morgan fingerprint density at radius 3 is 2.12 bits per heavy atom. The molecule has 2 aromatic rings. The lowest BCUT2D eigenvalue weighted by Crippen LogP contribution is -2.18. The van der Waals surface area contributed by atoms with Crippen LogP contribution in [0.2, 0.25) is 0 Å². The Kier molecular flexibility index (Phi) is 3.23. The van der Waals surface area contributed by atoms with E-state index in [-0.39, 0.29) is 11.8 Å². The highest BCUT2D eigenvalue weighted by Gasteiger charge is 2.13. The molecule has 1 heterocycles. The van der Waals surface area contributed by atoms with Crippen LogP contribution in [0.25, 0.3) is 0 Å². The SMILES string of the molecule is O=C(On1c(O)ccc1O)c1ccc([131I])cc1. The first kappa shape index (κ1) is 11.8. The van der Waals surface area contributed by atoms with E-state index in [2.05, 4.69) is 22.6 Å². The lowest BCUT2D eigenvalue weighted by molar-refractivity contribution is 0.0381. The molecule has 2 N–H and O–H groups in total. The summed E-state index contributed by atoms with van der Waals surface area (Å²) in [5.41, 5.74) is 0.331. The molecular weight excluding hydrogens is 341 g/mol. The topological polar surface area (TPSA) is 71.7 Å². The number of nitrogens with zero attached hydrogens (tertiary/aromatic N) is 1. The number of hydrogen-bond donors (Lipinski definition) is 2. The van der Waals surface area contributed by atoms with Gasteiger partial charge in [0, 0.05) is 15.7 Å². The second-order valence-corrected chi connectivity index (χ2v) is 4.48. The van der Waals surface area contributed by atoms with Gasteiger partial charge in [0.25, 0.3) is 0 Å². The van der Waals surface area contributed by atoms with Gasteiger partial charge in [-0.3, -0.25) is 0 Å². The van der Waals surface area contributed by atoms with Crippen LogP contribution in [0.4, 0.5) is 0 Å². The summed E-state index contributed by atoms with van der Waals surface area (Å²) < 4.78 is 1.64. The molecule has 0 atom stereocenters. The van der Waals surface area contributed by atoms with Crippen LogP contribution in [-0.2, 0) is 0 Å². The van der Waals surface area contributed by atoms with Crippen molar-refractivity contribution in [2.75, 3.05) is 0 Å². The third kappa shape index (κ3) is 2.52. The third-order valence-electron chi connectivity index (χ3n) is 2.05. The summed E-state index contributed by atoms with van der Waals surface area (Å²) >= 11 is 2.12. The van der Waals surface area contributed by atoms with Crippen molar-refractivity contribution in [3.05, 3.63) is 45.5 Å². The van der Waals surface area contributed by atoms with Crippen molar-refractivity contribution in [3.8, 4) is 11.8 Å². The lowest BCUT2D eigenvalue weighted by Gasteiger charge is -2.06. The highest BCUT2D eigenvalue weighted by Crippen LogP contribution is 2.19. The Balaban J connectivity index is 2.20. The summed E-state index contributed by atoms with van der Waals surface area (Å²) in [5.74, 6) is -1.36. The van der Waals surface area contributed by atoms with Crippen molar-refractivity contribution in [2.24, 2.45) is 0 Å². The van der Waals surface area contributed by atoms with Crippen LogP contribution in [0.15, 0.2) is 36.4 Å². The van der Waals surface area contributed by atoms with Crippen molar-refractivity contribution >= 4 is 28.6 Å². The molecule has 0 saturated heterocycles. The van der Waals surface area contributed by atoms with E-state index < -0.39 is 5.97 Å². The van der Waals surface area contributed by atoms with Crippen LogP contribution < -0.4 is 4.84 Å². The summed E-state index contributed by atoms with van der Waals surface area (Å²) in [6, 6.07) is 9.15. The van der Waals surface area contributed by atoms with E-state index in [0.717, 1.165) is 3.57 Å². The molecule has 0 spiro atoms. The second-order valence-electron chi connectivity index (χ2n) is 3.23.